The van der Waals surface area contributed by atoms with Gasteiger partial charge in [-0.1, -0.05) is 0 Å². The third-order valence-electron chi connectivity index (χ3n) is 5.32. The average Bonchev–Trinajstić information content (AvgIpc) is 2.96. The number of halogens is 5. The Bertz CT molecular complexity index is 1180. The minimum absolute atomic E-state index is 0.0161. The fourth-order valence-electron chi connectivity index (χ4n) is 3.86. The highest BCUT2D eigenvalue weighted by Gasteiger charge is 2.47. The Labute approximate surface area is 197 Å². The van der Waals surface area contributed by atoms with Crippen molar-refractivity contribution >= 4 is 60.8 Å². The number of hydrogen-bond acceptors (Lipinski definition) is 4. The average molecular weight is 575 g/mol. The molecule has 5 nitrogen and oxygen atoms in total. The maximum atomic E-state index is 13.4. The lowest BCUT2D eigenvalue weighted by atomic mass is 9.94. The number of fused-ring (bicyclic) bond motifs is 2. The van der Waals surface area contributed by atoms with E-state index in [-0.39, 0.29) is 10.8 Å². The van der Waals surface area contributed by atoms with Crippen LogP contribution < -0.4 is 9.64 Å². The van der Waals surface area contributed by atoms with Gasteiger partial charge < -0.3 is 9.64 Å². The summed E-state index contributed by atoms with van der Waals surface area (Å²) >= 11 is 12.5. The molecule has 31 heavy (non-hydrogen) atoms. The number of benzene rings is 2. The van der Waals surface area contributed by atoms with Gasteiger partial charge in [-0.25, -0.2) is 0 Å². The van der Waals surface area contributed by atoms with E-state index in [4.69, 9.17) is 22.2 Å². The Kier molecular flexibility index (Phi) is 5.52. The van der Waals surface area contributed by atoms with Crippen LogP contribution in [0.1, 0.15) is 22.3 Å². The zero-order valence-corrected chi connectivity index (χ0v) is 19.7. The van der Waals surface area contributed by atoms with E-state index < -0.39 is 29.3 Å². The van der Waals surface area contributed by atoms with E-state index in [2.05, 4.69) is 31.9 Å². The number of nitriles is 1. The number of nitrogens with zero attached hydrogens (tertiary/aromatic N) is 3. The number of methoxy groups -OCH3 is 1. The van der Waals surface area contributed by atoms with Crippen LogP contribution in [0, 0.1) is 11.3 Å². The first-order valence-electron chi connectivity index (χ1n) is 8.88. The molecule has 2 aliphatic heterocycles. The van der Waals surface area contributed by atoms with Gasteiger partial charge in [0.2, 0.25) is 0 Å². The Hall–Kier alpha value is -2.16. The molecule has 0 bridgehead atoms. The summed E-state index contributed by atoms with van der Waals surface area (Å²) < 4.78 is 47.1. The van der Waals surface area contributed by atoms with Crippen LogP contribution in [0.25, 0.3) is 0 Å². The zero-order chi connectivity index (χ0) is 22.7. The van der Waals surface area contributed by atoms with Crippen molar-refractivity contribution in [1.82, 2.24) is 4.90 Å². The molecule has 1 unspecified atom stereocenters. The number of alkyl halides is 3. The highest BCUT2D eigenvalue weighted by atomic mass is 79.9. The second-order valence-electron chi connectivity index (χ2n) is 6.99. The van der Waals surface area contributed by atoms with Crippen molar-refractivity contribution in [2.75, 3.05) is 12.0 Å². The van der Waals surface area contributed by atoms with Crippen LogP contribution in [0.2, 0.25) is 0 Å². The monoisotopic (exact) mass is 573 g/mol. The summed E-state index contributed by atoms with van der Waals surface area (Å²) in [6, 6.07) is 5.94. The summed E-state index contributed by atoms with van der Waals surface area (Å²) in [5.41, 5.74) is 0.170. The number of carbonyl (C=O) groups is 1. The zero-order valence-electron chi connectivity index (χ0n) is 15.8. The number of hydrogen-bond donors (Lipinski definition) is 0. The maximum absolute atomic E-state index is 13.4. The van der Waals surface area contributed by atoms with Gasteiger partial charge in [0.05, 0.1) is 38.9 Å². The highest BCUT2D eigenvalue weighted by Crippen LogP contribution is 2.43. The SMILES string of the molecule is COc1c(Br)cc2c(c1Br)CN1C(=S)N(c3ccc(C#N)c(C(F)(F)F)c3)C(=O)C1C2. The second-order valence-corrected chi connectivity index (χ2v) is 9.00. The van der Waals surface area contributed by atoms with Gasteiger partial charge in [-0.3, -0.25) is 9.69 Å². The number of thiocarbonyl (C=S) groups is 1. The highest BCUT2D eigenvalue weighted by molar-refractivity contribution is 9.11. The van der Waals surface area contributed by atoms with Crippen LogP contribution in [0.15, 0.2) is 33.2 Å². The predicted octanol–water partition coefficient (Wildman–Crippen LogP) is 5.17. The minimum Gasteiger partial charge on any atom is -0.494 e. The van der Waals surface area contributed by atoms with Crippen LogP contribution in [0.5, 0.6) is 5.75 Å². The number of anilines is 1. The van der Waals surface area contributed by atoms with Crippen LogP contribution in [0.4, 0.5) is 18.9 Å². The van der Waals surface area contributed by atoms with E-state index >= 15 is 0 Å². The van der Waals surface area contributed by atoms with E-state index in [0.29, 0.717) is 18.7 Å². The molecule has 2 heterocycles. The first-order chi connectivity index (χ1) is 14.6. The predicted molar refractivity (Wildman–Crippen MR) is 118 cm³/mol. The van der Waals surface area contributed by atoms with Crippen LogP contribution >= 0.6 is 44.1 Å². The quantitative estimate of drug-likeness (QED) is 0.463. The Morgan fingerprint density at radius 1 is 1.29 bits per heavy atom. The molecule has 0 radical (unpaired) electrons. The number of ether oxygens (including phenoxy) is 1. The first-order valence-corrected chi connectivity index (χ1v) is 10.9. The third-order valence-corrected chi connectivity index (χ3v) is 7.17. The molecule has 0 spiro atoms. The minimum atomic E-state index is -4.73. The number of rotatable bonds is 2. The van der Waals surface area contributed by atoms with Gasteiger partial charge in [-0.15, -0.1) is 0 Å². The van der Waals surface area contributed by atoms with Crippen LogP contribution in [-0.4, -0.2) is 29.1 Å². The molecule has 160 valence electrons. The van der Waals surface area contributed by atoms with E-state index in [1.54, 1.807) is 4.90 Å². The van der Waals surface area contributed by atoms with E-state index in [9.17, 15) is 18.0 Å². The number of carbonyl (C=O) groups excluding carboxylic acids is 1. The molecule has 11 heteroatoms. The Balaban J connectivity index is 1.75. The Morgan fingerprint density at radius 3 is 2.61 bits per heavy atom. The fraction of sp³-hybridized carbons (Fsp3) is 0.250. The molecular formula is C20H12Br2F3N3O2S. The molecule has 1 fully saturated rings. The third kappa shape index (κ3) is 3.50. The largest absolute Gasteiger partial charge is 0.494 e. The molecule has 1 amide bonds. The lowest BCUT2D eigenvalue weighted by Gasteiger charge is -2.31. The van der Waals surface area contributed by atoms with Crippen LogP contribution in [-0.2, 0) is 23.9 Å². The normalized spacial score (nSPS) is 18.0. The smallest absolute Gasteiger partial charge is 0.417 e. The summed E-state index contributed by atoms with van der Waals surface area (Å²) in [7, 11) is 1.54. The van der Waals surface area contributed by atoms with Gasteiger partial charge in [0.25, 0.3) is 5.91 Å². The van der Waals surface area contributed by atoms with E-state index in [0.717, 1.165) is 37.1 Å². The summed E-state index contributed by atoms with van der Waals surface area (Å²) in [4.78, 5) is 16.0. The van der Waals surface area contributed by atoms with Crippen molar-refractivity contribution in [2.45, 2.75) is 25.2 Å². The fourth-order valence-corrected chi connectivity index (χ4v) is 5.91. The number of amides is 1. The molecule has 1 saturated heterocycles. The van der Waals surface area contributed by atoms with Crippen molar-refractivity contribution < 1.29 is 22.7 Å². The molecule has 2 aromatic carbocycles. The second kappa shape index (κ2) is 7.76. The molecule has 2 aliphatic rings. The van der Waals surface area contributed by atoms with Crippen molar-refractivity contribution in [2.24, 2.45) is 0 Å². The molecule has 4 rings (SSSR count). The lowest BCUT2D eigenvalue weighted by Crippen LogP contribution is -2.40. The molecular weight excluding hydrogens is 563 g/mol. The van der Waals surface area contributed by atoms with Gasteiger partial charge in [-0.05, 0) is 79.5 Å². The van der Waals surface area contributed by atoms with Crippen molar-refractivity contribution in [3.05, 3.63) is 55.5 Å². The molecule has 0 aliphatic carbocycles. The topological polar surface area (TPSA) is 56.6 Å². The maximum Gasteiger partial charge on any atom is 0.417 e. The van der Waals surface area contributed by atoms with Gasteiger partial charge in [0, 0.05) is 13.0 Å². The standard InChI is InChI=1S/C20H12Br2F3N3O2S/c1-30-17-14(21)4-10-5-15-18(29)28(19(31)27(15)8-12(10)16(17)22)11-3-2-9(7-26)13(6-11)20(23,24)25/h2-4,6,15H,5,8H2,1H3. The molecule has 0 N–H and O–H groups in total. The molecule has 1 atom stereocenters. The lowest BCUT2D eigenvalue weighted by molar-refractivity contribution is -0.137. The van der Waals surface area contributed by atoms with Gasteiger partial charge in [-0.2, -0.15) is 18.4 Å². The molecule has 0 saturated carbocycles. The summed E-state index contributed by atoms with van der Waals surface area (Å²) in [6.45, 7) is 0.299. The van der Waals surface area contributed by atoms with Gasteiger partial charge in [0.1, 0.15) is 11.8 Å². The summed E-state index contributed by atoms with van der Waals surface area (Å²) in [5, 5.41) is 9.14. The van der Waals surface area contributed by atoms with Gasteiger partial charge >= 0.3 is 6.18 Å². The van der Waals surface area contributed by atoms with Crippen LogP contribution in [0.3, 0.4) is 0 Å². The first kappa shape index (κ1) is 22.0. The summed E-state index contributed by atoms with van der Waals surface area (Å²) in [6.07, 6.45) is -4.39. The Morgan fingerprint density at radius 2 is 2.00 bits per heavy atom. The summed E-state index contributed by atoms with van der Waals surface area (Å²) in [5.74, 6) is 0.198. The van der Waals surface area contributed by atoms with Gasteiger partial charge in [0.15, 0.2) is 5.11 Å². The molecule has 2 aromatic rings. The van der Waals surface area contributed by atoms with E-state index in [1.165, 1.54) is 19.2 Å². The van der Waals surface area contributed by atoms with Crippen molar-refractivity contribution in [1.29, 1.82) is 5.26 Å². The van der Waals surface area contributed by atoms with E-state index in [1.807, 2.05) is 6.07 Å². The molecule has 0 aromatic heterocycles. The van der Waals surface area contributed by atoms with Crippen molar-refractivity contribution in [3.63, 3.8) is 0 Å². The van der Waals surface area contributed by atoms with Crippen molar-refractivity contribution in [3.8, 4) is 11.8 Å².